The Labute approximate surface area is 173 Å². The lowest BCUT2D eigenvalue weighted by Crippen LogP contribution is -2.22. The van der Waals surface area contributed by atoms with E-state index in [4.69, 9.17) is 4.74 Å². The molecule has 7 nitrogen and oxygen atoms in total. The maximum absolute atomic E-state index is 9.74. The van der Waals surface area contributed by atoms with Gasteiger partial charge in [-0.25, -0.2) is 9.97 Å². The maximum atomic E-state index is 9.74. The van der Waals surface area contributed by atoms with E-state index in [0.717, 1.165) is 43.0 Å². The summed E-state index contributed by atoms with van der Waals surface area (Å²) in [5.41, 5.74) is 3.08. The number of nitroso groups, excluding NO2 is 1. The first-order valence-corrected chi connectivity index (χ1v) is 10.0. The number of likely N-dealkylation sites (N-methyl/N-ethyl adjacent to an activating group) is 1. The number of hydrogen-bond donors (Lipinski definition) is 0. The van der Waals surface area contributed by atoms with Crippen LogP contribution >= 0.6 is 0 Å². The summed E-state index contributed by atoms with van der Waals surface area (Å²) in [6, 6.07) is 10.5. The van der Waals surface area contributed by atoms with Crippen LogP contribution in [0.4, 0.5) is 11.5 Å². The molecule has 3 rings (SSSR count). The van der Waals surface area contributed by atoms with Gasteiger partial charge >= 0.3 is 0 Å². The highest BCUT2D eigenvalue weighted by molar-refractivity contribution is 5.70. The lowest BCUT2D eigenvalue weighted by atomic mass is 10.1. The van der Waals surface area contributed by atoms with Crippen molar-refractivity contribution in [3.05, 3.63) is 52.8 Å². The zero-order valence-corrected chi connectivity index (χ0v) is 17.8. The molecule has 2 heterocycles. The Hall–Kier alpha value is -2.67. The van der Waals surface area contributed by atoms with E-state index in [9.17, 15) is 4.91 Å². The minimum atomic E-state index is 0.109. The van der Waals surface area contributed by atoms with Gasteiger partial charge in [0, 0.05) is 19.8 Å². The second kappa shape index (κ2) is 12.0. The third-order valence-corrected chi connectivity index (χ3v) is 4.78. The van der Waals surface area contributed by atoms with Crippen LogP contribution in [-0.4, -0.2) is 48.5 Å². The van der Waals surface area contributed by atoms with Gasteiger partial charge in [0.25, 0.3) is 0 Å². The van der Waals surface area contributed by atoms with Gasteiger partial charge in [0.05, 0.1) is 17.9 Å². The molecule has 0 aliphatic carbocycles. The number of benzene rings is 1. The van der Waals surface area contributed by atoms with E-state index < -0.39 is 0 Å². The molecule has 2 aromatic rings. The van der Waals surface area contributed by atoms with Crippen LogP contribution in [0.3, 0.4) is 0 Å². The van der Waals surface area contributed by atoms with Gasteiger partial charge in [-0.3, -0.25) is 4.99 Å². The van der Waals surface area contributed by atoms with Crippen LogP contribution in [0, 0.1) is 11.8 Å². The van der Waals surface area contributed by atoms with E-state index in [1.165, 1.54) is 5.56 Å². The summed E-state index contributed by atoms with van der Waals surface area (Å²) < 4.78 is 5.31. The fourth-order valence-electron chi connectivity index (χ4n) is 3.16. The Morgan fingerprint density at radius 3 is 2.62 bits per heavy atom. The Morgan fingerprint density at radius 2 is 2.00 bits per heavy atom. The number of aliphatic imine (C=N–C) groups is 1. The molecular weight excluding hydrogens is 366 g/mol. The van der Waals surface area contributed by atoms with E-state index in [0.29, 0.717) is 12.6 Å². The molecule has 2 unspecified atom stereocenters. The van der Waals surface area contributed by atoms with Gasteiger partial charge in [-0.1, -0.05) is 35.5 Å². The maximum Gasteiger partial charge on any atom is 0.157 e. The molecule has 0 saturated carbocycles. The number of aryl methyl sites for hydroxylation is 1. The van der Waals surface area contributed by atoms with Crippen molar-refractivity contribution < 1.29 is 4.74 Å². The Morgan fingerprint density at radius 1 is 1.24 bits per heavy atom. The summed E-state index contributed by atoms with van der Waals surface area (Å²) in [5.74, 6) is 0.881. The van der Waals surface area contributed by atoms with Gasteiger partial charge in [0.2, 0.25) is 0 Å². The van der Waals surface area contributed by atoms with E-state index in [2.05, 4.69) is 49.3 Å². The minimum absolute atomic E-state index is 0.109. The fraction of sp³-hybridized carbons (Fsp3) is 0.500. The second-order valence-corrected chi connectivity index (χ2v) is 7.13. The first-order valence-electron chi connectivity index (χ1n) is 10.0. The molecule has 1 aliphatic rings. The standard InChI is InChI=1S/C16H20N4.C6H11NO2/c1-4-17-15-13(2)18-12-19-16(15)20(3)11-10-14-8-6-5-7-9-14;1-5-2-3-6(9-5)4-7-8/h4-9,12H,10-11H2,1-3H3;5-6H,2-4H2,1H3. The van der Waals surface area contributed by atoms with E-state index in [-0.39, 0.29) is 6.10 Å². The zero-order valence-electron chi connectivity index (χ0n) is 17.8. The predicted molar refractivity (Wildman–Crippen MR) is 118 cm³/mol. The molecule has 1 aliphatic heterocycles. The zero-order chi connectivity index (χ0) is 21.1. The number of ether oxygens (including phenoxy) is 1. The molecule has 29 heavy (non-hydrogen) atoms. The Bertz CT molecular complexity index is 782. The van der Waals surface area contributed by atoms with Crippen LogP contribution in [0.2, 0.25) is 0 Å². The lowest BCUT2D eigenvalue weighted by molar-refractivity contribution is 0.0614. The molecule has 1 fully saturated rings. The topological polar surface area (TPSA) is 80.0 Å². The van der Waals surface area contributed by atoms with Gasteiger partial charge in [0.15, 0.2) is 5.82 Å². The van der Waals surface area contributed by atoms with Crippen molar-refractivity contribution >= 4 is 17.7 Å². The number of rotatable bonds is 7. The van der Waals surface area contributed by atoms with Gasteiger partial charge in [-0.2, -0.15) is 4.91 Å². The van der Waals surface area contributed by atoms with Crippen molar-refractivity contribution in [1.29, 1.82) is 0 Å². The minimum Gasteiger partial charge on any atom is -0.373 e. The van der Waals surface area contributed by atoms with Crippen molar-refractivity contribution in [2.75, 3.05) is 25.0 Å². The SMILES string of the molecule is CC1CCC(CN=O)O1.CC=Nc1c(C)ncnc1N(C)CCc1ccccc1. The second-order valence-electron chi connectivity index (χ2n) is 7.13. The quantitative estimate of drug-likeness (QED) is 0.507. The van der Waals surface area contributed by atoms with Crippen LogP contribution in [0.5, 0.6) is 0 Å². The lowest BCUT2D eigenvalue weighted by Gasteiger charge is -2.20. The van der Waals surface area contributed by atoms with Crippen molar-refractivity contribution in [2.45, 2.75) is 52.2 Å². The molecule has 1 aromatic heterocycles. The van der Waals surface area contributed by atoms with Gasteiger partial charge in [-0.15, -0.1) is 0 Å². The van der Waals surface area contributed by atoms with E-state index in [1.54, 1.807) is 12.5 Å². The first-order chi connectivity index (χ1) is 14.0. The number of anilines is 1. The van der Waals surface area contributed by atoms with Crippen LogP contribution < -0.4 is 4.90 Å². The highest BCUT2D eigenvalue weighted by atomic mass is 16.5. The molecule has 0 radical (unpaired) electrons. The molecule has 1 aromatic carbocycles. The summed E-state index contributed by atoms with van der Waals surface area (Å²) in [4.78, 5) is 24.8. The fourth-order valence-corrected chi connectivity index (χ4v) is 3.16. The normalized spacial score (nSPS) is 18.3. The highest BCUT2D eigenvalue weighted by Crippen LogP contribution is 2.27. The van der Waals surface area contributed by atoms with Gasteiger partial charge < -0.3 is 9.64 Å². The molecule has 7 heteroatoms. The predicted octanol–water partition coefficient (Wildman–Crippen LogP) is 4.51. The molecule has 2 atom stereocenters. The van der Waals surface area contributed by atoms with Crippen molar-refractivity contribution in [3.63, 3.8) is 0 Å². The van der Waals surface area contributed by atoms with Crippen LogP contribution in [0.1, 0.15) is 37.9 Å². The molecule has 0 spiro atoms. The van der Waals surface area contributed by atoms with Crippen molar-refractivity contribution in [3.8, 4) is 0 Å². The molecular formula is C22H31N5O2. The Balaban J connectivity index is 0.000000278. The van der Waals surface area contributed by atoms with Gasteiger partial charge in [-0.05, 0) is 45.6 Å². The molecule has 156 valence electrons. The van der Waals surface area contributed by atoms with Gasteiger partial charge in [0.1, 0.15) is 18.6 Å². The third-order valence-electron chi connectivity index (χ3n) is 4.78. The first kappa shape index (κ1) is 22.6. The van der Waals surface area contributed by atoms with Crippen LogP contribution in [-0.2, 0) is 11.2 Å². The average molecular weight is 398 g/mol. The van der Waals surface area contributed by atoms with Crippen LogP contribution in [0.25, 0.3) is 0 Å². The Kier molecular flexibility index (Phi) is 9.37. The summed E-state index contributed by atoms with van der Waals surface area (Å²) in [6.45, 7) is 7.10. The number of nitrogens with zero attached hydrogens (tertiary/aromatic N) is 5. The largest absolute Gasteiger partial charge is 0.373 e. The smallest absolute Gasteiger partial charge is 0.157 e. The highest BCUT2D eigenvalue weighted by Gasteiger charge is 2.21. The summed E-state index contributed by atoms with van der Waals surface area (Å²) in [7, 11) is 2.04. The molecule has 0 bridgehead atoms. The molecule has 0 N–H and O–H groups in total. The summed E-state index contributed by atoms with van der Waals surface area (Å²) in [5, 5.41) is 2.78. The number of aromatic nitrogens is 2. The van der Waals surface area contributed by atoms with Crippen molar-refractivity contribution in [1.82, 2.24) is 9.97 Å². The van der Waals surface area contributed by atoms with E-state index >= 15 is 0 Å². The monoisotopic (exact) mass is 397 g/mol. The van der Waals surface area contributed by atoms with Crippen molar-refractivity contribution in [2.24, 2.45) is 10.2 Å². The molecule has 0 amide bonds. The third kappa shape index (κ3) is 7.34. The summed E-state index contributed by atoms with van der Waals surface area (Å²) in [6.07, 6.45) is 6.86. The molecule has 1 saturated heterocycles. The average Bonchev–Trinajstić information content (AvgIpc) is 3.14. The van der Waals surface area contributed by atoms with Crippen LogP contribution in [0.15, 0.2) is 46.8 Å². The number of hydrogen-bond acceptors (Lipinski definition) is 7. The van der Waals surface area contributed by atoms with E-state index in [1.807, 2.05) is 33.9 Å². The summed E-state index contributed by atoms with van der Waals surface area (Å²) >= 11 is 0.